The Morgan fingerprint density at radius 3 is 2.88 bits per heavy atom. The summed E-state index contributed by atoms with van der Waals surface area (Å²) >= 11 is 0. The minimum atomic E-state index is 0.779. The number of nitrogens with zero attached hydrogens (tertiary/aromatic N) is 1. The van der Waals surface area contributed by atoms with Crippen molar-refractivity contribution in [3.63, 3.8) is 0 Å². The SMILES string of the molecule is COc1cc(N)cc(CN2CCC(C)C2)c1. The van der Waals surface area contributed by atoms with Crippen molar-refractivity contribution in [3.05, 3.63) is 23.8 Å². The summed E-state index contributed by atoms with van der Waals surface area (Å²) in [5, 5.41) is 0. The van der Waals surface area contributed by atoms with Gasteiger partial charge < -0.3 is 10.5 Å². The number of rotatable bonds is 3. The zero-order chi connectivity index (χ0) is 11.5. The molecule has 0 aliphatic carbocycles. The zero-order valence-electron chi connectivity index (χ0n) is 10.1. The van der Waals surface area contributed by atoms with Crippen LogP contribution < -0.4 is 10.5 Å². The first-order valence-corrected chi connectivity index (χ1v) is 5.83. The average molecular weight is 220 g/mol. The molecule has 0 aromatic heterocycles. The molecule has 2 N–H and O–H groups in total. The van der Waals surface area contributed by atoms with E-state index >= 15 is 0 Å². The minimum Gasteiger partial charge on any atom is -0.497 e. The maximum Gasteiger partial charge on any atom is 0.121 e. The van der Waals surface area contributed by atoms with Crippen LogP contribution in [0.25, 0.3) is 0 Å². The van der Waals surface area contributed by atoms with Crippen molar-refractivity contribution in [2.45, 2.75) is 19.9 Å². The molecule has 1 aliphatic heterocycles. The van der Waals surface area contributed by atoms with Gasteiger partial charge in [0.05, 0.1) is 7.11 Å². The average Bonchev–Trinajstić information content (AvgIpc) is 2.63. The highest BCUT2D eigenvalue weighted by atomic mass is 16.5. The summed E-state index contributed by atoms with van der Waals surface area (Å²) in [7, 11) is 1.68. The first-order valence-electron chi connectivity index (χ1n) is 5.83. The third kappa shape index (κ3) is 2.67. The molecule has 0 spiro atoms. The second kappa shape index (κ2) is 4.74. The number of methoxy groups -OCH3 is 1. The number of ether oxygens (including phenoxy) is 1. The highest BCUT2D eigenvalue weighted by Gasteiger charge is 2.18. The molecule has 0 amide bonds. The molecule has 1 saturated heterocycles. The number of nitrogens with two attached hydrogens (primary N) is 1. The van der Waals surface area contributed by atoms with E-state index < -0.39 is 0 Å². The highest BCUT2D eigenvalue weighted by molar-refractivity contribution is 5.47. The van der Waals surface area contributed by atoms with Crippen molar-refractivity contribution in [2.75, 3.05) is 25.9 Å². The Hall–Kier alpha value is -1.22. The van der Waals surface area contributed by atoms with Gasteiger partial charge in [-0.3, -0.25) is 4.90 Å². The van der Waals surface area contributed by atoms with Crippen molar-refractivity contribution in [2.24, 2.45) is 5.92 Å². The molecule has 2 rings (SSSR count). The third-order valence-corrected chi connectivity index (χ3v) is 3.14. The number of nitrogen functional groups attached to an aromatic ring is 1. The predicted octanol–water partition coefficient (Wildman–Crippen LogP) is 2.12. The van der Waals surface area contributed by atoms with Crippen LogP contribution in [0.15, 0.2) is 18.2 Å². The van der Waals surface area contributed by atoms with Crippen LogP contribution in [0.2, 0.25) is 0 Å². The normalized spacial score (nSPS) is 21.2. The molecule has 1 heterocycles. The summed E-state index contributed by atoms with van der Waals surface area (Å²) in [4.78, 5) is 2.47. The van der Waals surface area contributed by atoms with Gasteiger partial charge in [-0.1, -0.05) is 6.92 Å². The Morgan fingerprint density at radius 1 is 1.44 bits per heavy atom. The fourth-order valence-electron chi connectivity index (χ4n) is 2.32. The Bertz CT molecular complexity index is 365. The lowest BCUT2D eigenvalue weighted by Crippen LogP contribution is -2.19. The highest BCUT2D eigenvalue weighted by Crippen LogP contribution is 2.22. The number of benzene rings is 1. The fourth-order valence-corrected chi connectivity index (χ4v) is 2.32. The first-order chi connectivity index (χ1) is 7.67. The van der Waals surface area contributed by atoms with E-state index in [0.717, 1.165) is 23.9 Å². The van der Waals surface area contributed by atoms with Crippen LogP contribution in [-0.4, -0.2) is 25.1 Å². The Kier molecular flexibility index (Phi) is 3.34. The minimum absolute atomic E-state index is 0.779. The molecule has 0 bridgehead atoms. The maximum atomic E-state index is 5.84. The van der Waals surface area contributed by atoms with Crippen molar-refractivity contribution in [1.29, 1.82) is 0 Å². The van der Waals surface area contributed by atoms with Crippen LogP contribution in [0, 0.1) is 5.92 Å². The molecular formula is C13H20N2O. The van der Waals surface area contributed by atoms with Crippen LogP contribution in [0.3, 0.4) is 0 Å². The van der Waals surface area contributed by atoms with Crippen LogP contribution in [0.5, 0.6) is 5.75 Å². The first kappa shape index (κ1) is 11.3. The summed E-state index contributed by atoms with van der Waals surface area (Å²) in [6, 6.07) is 5.96. The molecule has 16 heavy (non-hydrogen) atoms. The lowest BCUT2D eigenvalue weighted by molar-refractivity contribution is 0.319. The molecule has 1 aromatic carbocycles. The Balaban J connectivity index is 2.06. The second-order valence-electron chi connectivity index (χ2n) is 4.74. The van der Waals surface area contributed by atoms with E-state index in [1.54, 1.807) is 7.11 Å². The largest absolute Gasteiger partial charge is 0.497 e. The van der Waals surface area contributed by atoms with Crippen LogP contribution in [-0.2, 0) is 6.54 Å². The maximum absolute atomic E-state index is 5.84. The summed E-state index contributed by atoms with van der Waals surface area (Å²) in [6.45, 7) is 5.67. The topological polar surface area (TPSA) is 38.5 Å². The molecule has 3 nitrogen and oxygen atoms in total. The smallest absolute Gasteiger partial charge is 0.121 e. The molecule has 1 atom stereocenters. The van der Waals surface area contributed by atoms with E-state index in [1.807, 2.05) is 12.1 Å². The monoisotopic (exact) mass is 220 g/mol. The van der Waals surface area contributed by atoms with E-state index in [0.29, 0.717) is 0 Å². The van der Waals surface area contributed by atoms with Crippen LogP contribution in [0.1, 0.15) is 18.9 Å². The number of anilines is 1. The molecule has 3 heteroatoms. The summed E-state index contributed by atoms with van der Waals surface area (Å²) < 4.78 is 5.22. The van der Waals surface area contributed by atoms with Gasteiger partial charge in [0.2, 0.25) is 0 Å². The molecule has 0 saturated carbocycles. The van der Waals surface area contributed by atoms with Crippen molar-refractivity contribution in [1.82, 2.24) is 4.90 Å². The van der Waals surface area contributed by atoms with Gasteiger partial charge in [-0.2, -0.15) is 0 Å². The molecule has 1 fully saturated rings. The number of hydrogen-bond acceptors (Lipinski definition) is 3. The van der Waals surface area contributed by atoms with Gasteiger partial charge in [-0.05, 0) is 36.6 Å². The predicted molar refractivity (Wildman–Crippen MR) is 66.5 cm³/mol. The second-order valence-corrected chi connectivity index (χ2v) is 4.74. The van der Waals surface area contributed by atoms with E-state index in [1.165, 1.54) is 25.1 Å². The van der Waals surface area contributed by atoms with Crippen molar-refractivity contribution in [3.8, 4) is 5.75 Å². The van der Waals surface area contributed by atoms with Crippen molar-refractivity contribution >= 4 is 5.69 Å². The number of likely N-dealkylation sites (tertiary alicyclic amines) is 1. The molecule has 1 aliphatic rings. The van der Waals surface area contributed by atoms with Gasteiger partial charge in [-0.15, -0.1) is 0 Å². The van der Waals surface area contributed by atoms with Gasteiger partial charge in [0.15, 0.2) is 0 Å². The van der Waals surface area contributed by atoms with Crippen molar-refractivity contribution < 1.29 is 4.74 Å². The third-order valence-electron chi connectivity index (χ3n) is 3.14. The van der Waals surface area contributed by atoms with Gasteiger partial charge in [0.1, 0.15) is 5.75 Å². The molecule has 88 valence electrons. The van der Waals surface area contributed by atoms with E-state index in [9.17, 15) is 0 Å². The van der Waals surface area contributed by atoms with Crippen LogP contribution >= 0.6 is 0 Å². The van der Waals surface area contributed by atoms with E-state index in [2.05, 4.69) is 17.9 Å². The Morgan fingerprint density at radius 2 is 2.25 bits per heavy atom. The summed E-state index contributed by atoms with van der Waals surface area (Å²) in [6.07, 6.45) is 1.31. The van der Waals surface area contributed by atoms with Crippen LogP contribution in [0.4, 0.5) is 5.69 Å². The van der Waals surface area contributed by atoms with Gasteiger partial charge in [0, 0.05) is 24.8 Å². The molecular weight excluding hydrogens is 200 g/mol. The summed E-state index contributed by atoms with van der Waals surface area (Å²) in [5.74, 6) is 1.67. The zero-order valence-corrected chi connectivity index (χ0v) is 10.1. The van der Waals surface area contributed by atoms with Gasteiger partial charge >= 0.3 is 0 Å². The molecule has 0 radical (unpaired) electrons. The Labute approximate surface area is 97.2 Å². The van der Waals surface area contributed by atoms with E-state index in [-0.39, 0.29) is 0 Å². The summed E-state index contributed by atoms with van der Waals surface area (Å²) in [5.41, 5.74) is 7.86. The van der Waals surface area contributed by atoms with Gasteiger partial charge in [-0.25, -0.2) is 0 Å². The molecule has 1 aromatic rings. The number of hydrogen-bond donors (Lipinski definition) is 1. The standard InChI is InChI=1S/C13H20N2O/c1-10-3-4-15(8-10)9-11-5-12(14)7-13(6-11)16-2/h5-7,10H,3-4,8-9,14H2,1-2H3. The van der Waals surface area contributed by atoms with E-state index in [4.69, 9.17) is 10.5 Å². The fraction of sp³-hybridized carbons (Fsp3) is 0.538. The lowest BCUT2D eigenvalue weighted by Gasteiger charge is -2.16. The lowest BCUT2D eigenvalue weighted by atomic mass is 10.1. The van der Waals surface area contributed by atoms with Gasteiger partial charge in [0.25, 0.3) is 0 Å². The quantitative estimate of drug-likeness (QED) is 0.793. The molecule has 1 unspecified atom stereocenters.